The Morgan fingerprint density at radius 2 is 1.89 bits per heavy atom. The fourth-order valence-corrected chi connectivity index (χ4v) is 3.49. The van der Waals surface area contributed by atoms with Crippen LogP contribution in [0.25, 0.3) is 5.76 Å². The maximum atomic E-state index is 5.95. The third-order valence-electron chi connectivity index (χ3n) is 5.11. The minimum Gasteiger partial charge on any atom is -0.289 e. The molecule has 2 aliphatic heterocycles. The van der Waals surface area contributed by atoms with Crippen LogP contribution in [0.2, 0.25) is 0 Å². The molecule has 2 aliphatic rings. The first-order valence-electron chi connectivity index (χ1n) is 9.34. The number of allylic oxidation sites excluding steroid dienone is 7. The zero-order valence-corrected chi connectivity index (χ0v) is 16.9. The topological polar surface area (TPSA) is 18.5 Å². The SMILES string of the molecule is C=C(C)/C(OOC1=C2C=CC=C[N+]2(C)c2ccccc21)=C(C)\C=C(/C)CC. The van der Waals surface area contributed by atoms with Gasteiger partial charge in [0.05, 0.1) is 12.6 Å². The predicted octanol–water partition coefficient (Wildman–Crippen LogP) is 6.54. The number of likely N-dealkylation sites (N-methyl/N-ethyl adjacent to an activating group) is 1. The molecule has 140 valence electrons. The van der Waals surface area contributed by atoms with Crippen LogP contribution in [0.1, 0.15) is 39.7 Å². The summed E-state index contributed by atoms with van der Waals surface area (Å²) in [6.45, 7) is 12.3. The first-order chi connectivity index (χ1) is 12.9. The minimum absolute atomic E-state index is 0.575. The van der Waals surface area contributed by atoms with Gasteiger partial charge in [-0.1, -0.05) is 43.4 Å². The van der Waals surface area contributed by atoms with E-state index in [2.05, 4.69) is 70.1 Å². The summed E-state index contributed by atoms with van der Waals surface area (Å²) in [4.78, 5) is 11.8. The van der Waals surface area contributed by atoms with E-state index in [-0.39, 0.29) is 0 Å². The van der Waals surface area contributed by atoms with Crippen molar-refractivity contribution in [1.29, 1.82) is 0 Å². The molecule has 1 atom stereocenters. The molecule has 0 radical (unpaired) electrons. The van der Waals surface area contributed by atoms with Crippen molar-refractivity contribution in [2.45, 2.75) is 34.1 Å². The van der Waals surface area contributed by atoms with Crippen LogP contribution in [0.3, 0.4) is 0 Å². The maximum absolute atomic E-state index is 5.95. The molecular weight excluding hydrogens is 334 g/mol. The second-order valence-corrected chi connectivity index (χ2v) is 7.31. The number of rotatable bonds is 6. The third kappa shape index (κ3) is 3.43. The summed E-state index contributed by atoms with van der Waals surface area (Å²) < 4.78 is 0.575. The van der Waals surface area contributed by atoms with Crippen molar-refractivity contribution in [3.63, 3.8) is 0 Å². The lowest BCUT2D eigenvalue weighted by molar-refractivity contribution is -0.194. The summed E-state index contributed by atoms with van der Waals surface area (Å²) >= 11 is 0. The van der Waals surface area contributed by atoms with Crippen molar-refractivity contribution in [3.05, 3.63) is 95.1 Å². The predicted molar refractivity (Wildman–Crippen MR) is 113 cm³/mol. The van der Waals surface area contributed by atoms with Gasteiger partial charge in [-0.2, -0.15) is 0 Å². The highest BCUT2D eigenvalue weighted by Crippen LogP contribution is 2.46. The van der Waals surface area contributed by atoms with Crippen LogP contribution >= 0.6 is 0 Å². The summed E-state index contributed by atoms with van der Waals surface area (Å²) in [6, 6.07) is 8.28. The number of fused-ring (bicyclic) bond motifs is 3. The van der Waals surface area contributed by atoms with Gasteiger partial charge in [-0.15, -0.1) is 0 Å². The van der Waals surface area contributed by atoms with Gasteiger partial charge in [0.1, 0.15) is 6.20 Å². The number of benzene rings is 1. The van der Waals surface area contributed by atoms with Gasteiger partial charge in [0.2, 0.25) is 0 Å². The Hall–Kier alpha value is -2.78. The first kappa shape index (κ1) is 19.0. The molecule has 2 heterocycles. The van der Waals surface area contributed by atoms with E-state index in [1.165, 1.54) is 11.3 Å². The van der Waals surface area contributed by atoms with Gasteiger partial charge in [-0.3, -0.25) is 9.78 Å². The molecule has 0 aromatic heterocycles. The van der Waals surface area contributed by atoms with E-state index in [0.29, 0.717) is 10.2 Å². The Labute approximate surface area is 162 Å². The number of quaternary nitrogens is 1. The van der Waals surface area contributed by atoms with Crippen LogP contribution in [-0.4, -0.2) is 7.05 Å². The largest absolute Gasteiger partial charge is 0.289 e. The molecule has 0 amide bonds. The van der Waals surface area contributed by atoms with Gasteiger partial charge in [0.25, 0.3) is 5.76 Å². The molecule has 0 aliphatic carbocycles. The van der Waals surface area contributed by atoms with E-state index < -0.39 is 0 Å². The molecular formula is C24H28NO2+. The Morgan fingerprint density at radius 3 is 2.59 bits per heavy atom. The van der Waals surface area contributed by atoms with Crippen LogP contribution in [0.5, 0.6) is 0 Å². The summed E-state index contributed by atoms with van der Waals surface area (Å²) in [5.74, 6) is 1.42. The Morgan fingerprint density at radius 1 is 1.15 bits per heavy atom. The fraction of sp³-hybridized carbons (Fsp3) is 0.250. The van der Waals surface area contributed by atoms with E-state index in [1.54, 1.807) is 0 Å². The number of hydrogen-bond donors (Lipinski definition) is 0. The zero-order chi connectivity index (χ0) is 19.6. The van der Waals surface area contributed by atoms with Crippen LogP contribution in [0.15, 0.2) is 89.5 Å². The van der Waals surface area contributed by atoms with Crippen molar-refractivity contribution < 1.29 is 9.78 Å². The first-order valence-corrected chi connectivity index (χ1v) is 9.34. The zero-order valence-electron chi connectivity index (χ0n) is 16.9. The van der Waals surface area contributed by atoms with Gasteiger partial charge < -0.3 is 0 Å². The van der Waals surface area contributed by atoms with Crippen LogP contribution in [-0.2, 0) is 9.78 Å². The van der Waals surface area contributed by atoms with Gasteiger partial charge in [-0.05, 0) is 50.5 Å². The Bertz CT molecular complexity index is 927. The van der Waals surface area contributed by atoms with Crippen molar-refractivity contribution in [2.24, 2.45) is 0 Å². The number of hydrogen-bond acceptors (Lipinski definition) is 2. The van der Waals surface area contributed by atoms with Gasteiger partial charge in [0.15, 0.2) is 17.1 Å². The van der Waals surface area contributed by atoms with Crippen LogP contribution in [0.4, 0.5) is 5.69 Å². The summed E-state index contributed by atoms with van der Waals surface area (Å²) in [6.07, 6.45) is 11.4. The second-order valence-electron chi connectivity index (χ2n) is 7.31. The third-order valence-corrected chi connectivity index (χ3v) is 5.11. The molecule has 0 N–H and O–H groups in total. The minimum atomic E-state index is 0.575. The normalized spacial score (nSPS) is 21.6. The van der Waals surface area contributed by atoms with E-state index in [1.807, 2.05) is 26.0 Å². The molecule has 27 heavy (non-hydrogen) atoms. The molecule has 3 nitrogen and oxygen atoms in total. The smallest absolute Gasteiger partial charge is 0.253 e. The number of para-hydroxylation sites is 1. The number of nitrogens with zero attached hydrogens (tertiary/aromatic N) is 1. The molecule has 3 rings (SSSR count). The average molecular weight is 362 g/mol. The highest BCUT2D eigenvalue weighted by Gasteiger charge is 2.43. The average Bonchev–Trinajstić information content (AvgIpc) is 2.90. The van der Waals surface area contributed by atoms with E-state index >= 15 is 0 Å². The highest BCUT2D eigenvalue weighted by molar-refractivity contribution is 5.85. The molecule has 1 unspecified atom stereocenters. The van der Waals surface area contributed by atoms with Crippen LogP contribution < -0.4 is 4.48 Å². The van der Waals surface area contributed by atoms with E-state index in [4.69, 9.17) is 9.78 Å². The van der Waals surface area contributed by atoms with E-state index in [9.17, 15) is 0 Å². The molecule has 3 heteroatoms. The lowest BCUT2D eigenvalue weighted by Gasteiger charge is -2.27. The summed E-state index contributed by atoms with van der Waals surface area (Å²) in [7, 11) is 2.15. The molecule has 0 fully saturated rings. The molecule has 1 aromatic carbocycles. The monoisotopic (exact) mass is 362 g/mol. The van der Waals surface area contributed by atoms with Crippen molar-refractivity contribution >= 4 is 11.4 Å². The maximum Gasteiger partial charge on any atom is 0.253 e. The van der Waals surface area contributed by atoms with Gasteiger partial charge in [-0.25, -0.2) is 4.48 Å². The summed E-state index contributed by atoms with van der Waals surface area (Å²) in [5, 5.41) is 0. The van der Waals surface area contributed by atoms with Gasteiger partial charge in [0, 0.05) is 12.1 Å². The molecule has 0 saturated heterocycles. The van der Waals surface area contributed by atoms with Crippen molar-refractivity contribution in [1.82, 2.24) is 4.48 Å². The lowest BCUT2D eigenvalue weighted by atomic mass is 10.1. The second kappa shape index (κ2) is 7.45. The van der Waals surface area contributed by atoms with Gasteiger partial charge >= 0.3 is 0 Å². The quantitative estimate of drug-likeness (QED) is 0.188. The molecule has 0 bridgehead atoms. The lowest BCUT2D eigenvalue weighted by Crippen LogP contribution is -2.36. The molecule has 0 spiro atoms. The van der Waals surface area contributed by atoms with Crippen molar-refractivity contribution in [2.75, 3.05) is 7.05 Å². The Kier molecular flexibility index (Phi) is 5.24. The Balaban J connectivity index is 1.98. The van der Waals surface area contributed by atoms with E-state index in [0.717, 1.165) is 34.6 Å². The van der Waals surface area contributed by atoms with Crippen molar-refractivity contribution in [3.8, 4) is 0 Å². The highest BCUT2D eigenvalue weighted by atomic mass is 17.2. The molecule has 1 aromatic rings. The van der Waals surface area contributed by atoms with Crippen LogP contribution in [0, 0.1) is 0 Å². The fourth-order valence-electron chi connectivity index (χ4n) is 3.49. The molecule has 0 saturated carbocycles. The summed E-state index contributed by atoms with van der Waals surface area (Å²) in [5.41, 5.74) is 6.40. The standard InChI is InChI=1S/C24H28NO2/c1-7-18(4)16-19(5)23(17(2)3)26-27-24-20-12-8-9-13-21(20)25(6)15-11-10-14-22(24)25/h8-16H,2,7H2,1,3-6H3/q+1/b18-16+,23-19+.